The number of piperidine rings is 2. The molecule has 1 radical (unpaired) electrons. The molecule has 7 nitrogen and oxygen atoms in total. The summed E-state index contributed by atoms with van der Waals surface area (Å²) >= 11 is 0. The van der Waals surface area contributed by atoms with Crippen LogP contribution in [-0.4, -0.2) is 58.7 Å². The van der Waals surface area contributed by atoms with E-state index in [0.717, 1.165) is 80.3 Å². The number of amides is 2. The fourth-order valence-electron chi connectivity index (χ4n) is 5.37. The first-order valence-corrected chi connectivity index (χ1v) is 11.3. The first-order chi connectivity index (χ1) is 14.5. The van der Waals surface area contributed by atoms with E-state index in [1.165, 1.54) is 6.42 Å². The Hall–Kier alpha value is -2.25. The summed E-state index contributed by atoms with van der Waals surface area (Å²) in [5, 5.41) is 11.2. The van der Waals surface area contributed by atoms with Gasteiger partial charge in [-0.3, -0.25) is 14.4 Å². The van der Waals surface area contributed by atoms with Gasteiger partial charge < -0.3 is 11.1 Å². The number of nitrogens with one attached hydrogen (secondary N) is 2. The third kappa shape index (κ3) is 3.88. The summed E-state index contributed by atoms with van der Waals surface area (Å²) < 4.78 is 0.628. The second-order valence-electron chi connectivity index (χ2n) is 8.74. The lowest BCUT2D eigenvalue weighted by atomic mass is 9.94. The second kappa shape index (κ2) is 8.86. The van der Waals surface area contributed by atoms with E-state index in [1.807, 2.05) is 12.5 Å². The molecule has 1 aromatic heterocycles. The zero-order valence-electron chi connectivity index (χ0n) is 17.9. The van der Waals surface area contributed by atoms with E-state index in [9.17, 15) is 9.59 Å². The van der Waals surface area contributed by atoms with E-state index in [4.69, 9.17) is 5.73 Å². The van der Waals surface area contributed by atoms with E-state index in [2.05, 4.69) is 28.5 Å². The van der Waals surface area contributed by atoms with Gasteiger partial charge in [-0.1, -0.05) is 13.0 Å². The molecular formula is C23H33N5O2+. The number of H-pyrrole nitrogens is 1. The van der Waals surface area contributed by atoms with Gasteiger partial charge in [-0.25, -0.2) is 4.79 Å². The van der Waals surface area contributed by atoms with E-state index in [-0.39, 0.29) is 11.6 Å². The molecule has 0 bridgehead atoms. The zero-order valence-corrected chi connectivity index (χ0v) is 17.9. The van der Waals surface area contributed by atoms with Crippen molar-refractivity contribution in [3.63, 3.8) is 0 Å². The van der Waals surface area contributed by atoms with E-state index in [0.29, 0.717) is 16.9 Å². The molecule has 4 N–H and O–H groups in total. The van der Waals surface area contributed by atoms with Crippen molar-refractivity contribution in [3.8, 4) is 0 Å². The van der Waals surface area contributed by atoms with Gasteiger partial charge in [0.25, 0.3) is 5.91 Å². The summed E-state index contributed by atoms with van der Waals surface area (Å²) in [6.07, 6.45) is 8.90. The van der Waals surface area contributed by atoms with Crippen LogP contribution in [-0.2, 0) is 17.6 Å². The fraction of sp³-hybridized carbons (Fsp3) is 0.565. The third-order valence-corrected chi connectivity index (χ3v) is 7.00. The molecule has 4 rings (SSSR count). The summed E-state index contributed by atoms with van der Waals surface area (Å²) in [7, 11) is 0. The van der Waals surface area contributed by atoms with Crippen molar-refractivity contribution in [2.75, 3.05) is 26.2 Å². The minimum atomic E-state index is -0.538. The van der Waals surface area contributed by atoms with Gasteiger partial charge in [-0.2, -0.15) is 5.10 Å². The number of carbonyl (C=O) groups excluding carboxylic acids is 2. The van der Waals surface area contributed by atoms with Crippen LogP contribution >= 0.6 is 0 Å². The van der Waals surface area contributed by atoms with Crippen molar-refractivity contribution in [1.82, 2.24) is 15.5 Å². The molecule has 2 aliphatic heterocycles. The Labute approximate surface area is 178 Å². The Bertz CT molecular complexity index is 923. The number of aromatic amines is 1. The normalized spacial score (nSPS) is 19.8. The predicted octanol–water partition coefficient (Wildman–Crippen LogP) is 2.25. The van der Waals surface area contributed by atoms with Crippen LogP contribution in [0.25, 0.3) is 10.9 Å². The molecule has 2 aliphatic rings. The maximum absolute atomic E-state index is 13.5. The number of carbonyl (C=O) groups is 2. The van der Waals surface area contributed by atoms with Gasteiger partial charge in [0, 0.05) is 31.3 Å². The summed E-state index contributed by atoms with van der Waals surface area (Å²) in [6.45, 7) is 6.01. The number of hydrogen-bond donors (Lipinski definition) is 3. The predicted molar refractivity (Wildman–Crippen MR) is 117 cm³/mol. The molecule has 7 heteroatoms. The van der Waals surface area contributed by atoms with Gasteiger partial charge in [-0.05, 0) is 49.3 Å². The molecule has 2 fully saturated rings. The topological polar surface area (TPSA) is 101 Å². The van der Waals surface area contributed by atoms with Crippen LogP contribution in [0.4, 0.5) is 0 Å². The molecule has 0 atom stereocenters. The number of hydrogen-bond acceptors (Lipinski definition) is 4. The number of benzene rings is 1. The fourth-order valence-corrected chi connectivity index (χ4v) is 5.37. The number of nitrogens with zero attached hydrogens (tertiary/aromatic N) is 2. The Morgan fingerprint density at radius 2 is 1.93 bits per heavy atom. The average Bonchev–Trinajstić information content (AvgIpc) is 3.22. The molecule has 0 saturated carbocycles. The van der Waals surface area contributed by atoms with Crippen LogP contribution in [0.1, 0.15) is 60.6 Å². The number of fused-ring (bicyclic) bond motifs is 1. The molecule has 2 aromatic rings. The largest absolute Gasteiger partial charge is 0.364 e. The lowest BCUT2D eigenvalue weighted by Gasteiger charge is -2.46. The van der Waals surface area contributed by atoms with Crippen LogP contribution in [0.5, 0.6) is 0 Å². The highest BCUT2D eigenvalue weighted by molar-refractivity contribution is 6.04. The van der Waals surface area contributed by atoms with E-state index < -0.39 is 5.91 Å². The maximum Gasteiger partial charge on any atom is 0.318 e. The van der Waals surface area contributed by atoms with Gasteiger partial charge >= 0.3 is 5.91 Å². The minimum absolute atomic E-state index is 0.266. The SMILES string of the molecule is CCc1cc(C[CH]C(=O)[N+]2(C3CCNCC3)CCCCC2)cc2c(C(N)=O)n[nH]c12. The van der Waals surface area contributed by atoms with E-state index in [1.54, 1.807) is 0 Å². The summed E-state index contributed by atoms with van der Waals surface area (Å²) in [5.41, 5.74) is 8.73. The van der Waals surface area contributed by atoms with Crippen molar-refractivity contribution >= 4 is 22.7 Å². The number of likely N-dealkylation sites (tertiary alicyclic amines) is 1. The number of rotatable bonds is 6. The van der Waals surface area contributed by atoms with Gasteiger partial charge in [-0.15, -0.1) is 0 Å². The standard InChI is InChI=1S/C23H32N5O2/c1-2-17-14-16(15-19-21(17)26-27-22(19)23(24)30)6-7-20(29)28(12-4-3-5-13-28)18-8-10-25-11-9-18/h7,14-15,18,25H,2-6,8-13H2,1H3,(H2-,24,26,27,30)/p+1. The van der Waals surface area contributed by atoms with Gasteiger partial charge in [0.1, 0.15) is 0 Å². The van der Waals surface area contributed by atoms with Crippen molar-refractivity contribution in [2.45, 2.75) is 57.9 Å². The lowest BCUT2D eigenvalue weighted by molar-refractivity contribution is -0.884. The van der Waals surface area contributed by atoms with Gasteiger partial charge in [0.15, 0.2) is 5.69 Å². The highest BCUT2D eigenvalue weighted by Gasteiger charge is 2.44. The summed E-state index contributed by atoms with van der Waals surface area (Å²) in [5.74, 6) is -0.272. The third-order valence-electron chi connectivity index (χ3n) is 7.00. The molecule has 0 spiro atoms. The molecule has 2 amide bonds. The molecule has 30 heavy (non-hydrogen) atoms. The van der Waals surface area contributed by atoms with Crippen molar-refractivity contribution < 1.29 is 14.1 Å². The summed E-state index contributed by atoms with van der Waals surface area (Å²) in [6, 6.07) is 4.49. The number of nitrogens with two attached hydrogens (primary N) is 1. The number of aryl methyl sites for hydroxylation is 1. The van der Waals surface area contributed by atoms with Gasteiger partial charge in [0.2, 0.25) is 0 Å². The minimum Gasteiger partial charge on any atom is -0.364 e. The zero-order chi connectivity index (χ0) is 21.1. The molecule has 161 valence electrons. The van der Waals surface area contributed by atoms with Crippen LogP contribution in [0.3, 0.4) is 0 Å². The monoisotopic (exact) mass is 411 g/mol. The number of primary amides is 1. The van der Waals surface area contributed by atoms with Crippen molar-refractivity contribution in [1.29, 1.82) is 0 Å². The lowest BCUT2D eigenvalue weighted by Crippen LogP contribution is -2.63. The van der Waals surface area contributed by atoms with Crippen LogP contribution in [0, 0.1) is 6.42 Å². The average molecular weight is 412 g/mol. The molecular weight excluding hydrogens is 378 g/mol. The molecule has 2 saturated heterocycles. The Balaban J connectivity index is 1.56. The van der Waals surface area contributed by atoms with Crippen LogP contribution in [0.15, 0.2) is 12.1 Å². The number of quaternary nitrogens is 1. The van der Waals surface area contributed by atoms with Crippen molar-refractivity contribution in [2.24, 2.45) is 5.73 Å². The molecule has 3 heterocycles. The van der Waals surface area contributed by atoms with Crippen LogP contribution in [0.2, 0.25) is 0 Å². The Morgan fingerprint density at radius 3 is 2.60 bits per heavy atom. The highest BCUT2D eigenvalue weighted by atomic mass is 16.2. The van der Waals surface area contributed by atoms with Crippen LogP contribution < -0.4 is 11.1 Å². The second-order valence-corrected chi connectivity index (χ2v) is 8.74. The van der Waals surface area contributed by atoms with E-state index >= 15 is 0 Å². The first kappa shape index (κ1) is 21.0. The molecule has 1 aromatic carbocycles. The highest BCUT2D eigenvalue weighted by Crippen LogP contribution is 2.30. The first-order valence-electron chi connectivity index (χ1n) is 11.3. The quantitative estimate of drug-likeness (QED) is 0.635. The molecule has 0 unspecified atom stereocenters. The maximum atomic E-state index is 13.5. The Morgan fingerprint density at radius 1 is 1.20 bits per heavy atom. The Kier molecular flexibility index (Phi) is 6.20. The van der Waals surface area contributed by atoms with Gasteiger partial charge in [0.05, 0.1) is 31.1 Å². The smallest absolute Gasteiger partial charge is 0.318 e. The van der Waals surface area contributed by atoms with Crippen molar-refractivity contribution in [3.05, 3.63) is 35.4 Å². The molecule has 0 aliphatic carbocycles. The summed E-state index contributed by atoms with van der Waals surface area (Å²) in [4.78, 5) is 25.3. The number of aromatic nitrogens is 2.